The van der Waals surface area contributed by atoms with Gasteiger partial charge in [-0.2, -0.15) is 0 Å². The van der Waals surface area contributed by atoms with Gasteiger partial charge >= 0.3 is 0 Å². The molecule has 0 aliphatic heterocycles. The van der Waals surface area contributed by atoms with Crippen LogP contribution in [0.4, 0.5) is 4.39 Å². The van der Waals surface area contributed by atoms with Crippen LogP contribution < -0.4 is 0 Å². The molecular formula is C13H20FNO2. The van der Waals surface area contributed by atoms with E-state index in [9.17, 15) is 9.50 Å². The maximum absolute atomic E-state index is 12.9. The number of likely N-dealkylation sites (N-methyl/N-ethyl adjacent to an activating group) is 1. The molecule has 17 heavy (non-hydrogen) atoms. The highest BCUT2D eigenvalue weighted by molar-refractivity contribution is 5.34. The molecular weight excluding hydrogens is 221 g/mol. The highest BCUT2D eigenvalue weighted by Gasteiger charge is 2.17. The molecule has 1 atom stereocenters. The van der Waals surface area contributed by atoms with Gasteiger partial charge in [-0.05, 0) is 19.5 Å². The Kier molecular flexibility index (Phi) is 5.38. The standard InChI is InChI=1S/C13H20FNO2/c1-4-15(7-8-17-3)10(2)12-6-5-11(14)9-13(12)16/h5-6,9-10,16H,4,7-8H2,1-3H3. The van der Waals surface area contributed by atoms with Crippen LogP contribution >= 0.6 is 0 Å². The van der Waals surface area contributed by atoms with Crippen molar-refractivity contribution >= 4 is 0 Å². The van der Waals surface area contributed by atoms with Gasteiger partial charge < -0.3 is 9.84 Å². The number of methoxy groups -OCH3 is 1. The largest absolute Gasteiger partial charge is 0.508 e. The fourth-order valence-corrected chi connectivity index (χ4v) is 1.90. The van der Waals surface area contributed by atoms with Gasteiger partial charge in [0.1, 0.15) is 11.6 Å². The molecule has 0 aliphatic carbocycles. The lowest BCUT2D eigenvalue weighted by molar-refractivity contribution is 0.128. The molecule has 1 N–H and O–H groups in total. The second-order valence-corrected chi connectivity index (χ2v) is 4.00. The predicted molar refractivity (Wildman–Crippen MR) is 65.6 cm³/mol. The topological polar surface area (TPSA) is 32.7 Å². The van der Waals surface area contributed by atoms with Crippen LogP contribution in [-0.2, 0) is 4.74 Å². The molecule has 0 saturated carbocycles. The number of halogens is 1. The van der Waals surface area contributed by atoms with E-state index in [1.807, 2.05) is 13.8 Å². The molecule has 0 fully saturated rings. The molecule has 1 aromatic carbocycles. The van der Waals surface area contributed by atoms with Crippen molar-refractivity contribution in [2.24, 2.45) is 0 Å². The first kappa shape index (κ1) is 13.9. The molecule has 1 aromatic rings. The van der Waals surface area contributed by atoms with Crippen molar-refractivity contribution in [3.8, 4) is 5.75 Å². The Balaban J connectivity index is 2.81. The molecule has 0 spiro atoms. The Bertz CT molecular complexity index is 357. The summed E-state index contributed by atoms with van der Waals surface area (Å²) in [6.45, 7) is 6.31. The molecule has 1 unspecified atom stereocenters. The van der Waals surface area contributed by atoms with Crippen LogP contribution in [0.1, 0.15) is 25.5 Å². The van der Waals surface area contributed by atoms with Crippen LogP contribution in [0.3, 0.4) is 0 Å². The third kappa shape index (κ3) is 3.68. The van der Waals surface area contributed by atoms with Gasteiger partial charge in [0, 0.05) is 31.3 Å². The van der Waals surface area contributed by atoms with Crippen LogP contribution in [0, 0.1) is 5.82 Å². The molecule has 4 heteroatoms. The highest BCUT2D eigenvalue weighted by atomic mass is 19.1. The fraction of sp³-hybridized carbons (Fsp3) is 0.538. The lowest BCUT2D eigenvalue weighted by Gasteiger charge is -2.28. The van der Waals surface area contributed by atoms with Crippen molar-refractivity contribution in [2.75, 3.05) is 26.8 Å². The van der Waals surface area contributed by atoms with Gasteiger partial charge in [0.15, 0.2) is 0 Å². The minimum Gasteiger partial charge on any atom is -0.508 e. The highest BCUT2D eigenvalue weighted by Crippen LogP contribution is 2.28. The predicted octanol–water partition coefficient (Wildman–Crippen LogP) is 2.56. The van der Waals surface area contributed by atoms with E-state index in [2.05, 4.69) is 4.90 Å². The Morgan fingerprint density at radius 1 is 1.47 bits per heavy atom. The molecule has 96 valence electrons. The van der Waals surface area contributed by atoms with E-state index in [4.69, 9.17) is 4.74 Å². The number of hydrogen-bond acceptors (Lipinski definition) is 3. The Morgan fingerprint density at radius 3 is 2.71 bits per heavy atom. The smallest absolute Gasteiger partial charge is 0.126 e. The first-order valence-corrected chi connectivity index (χ1v) is 5.81. The number of phenols is 1. The molecule has 0 aromatic heterocycles. The van der Waals surface area contributed by atoms with E-state index in [-0.39, 0.29) is 11.8 Å². The number of phenolic OH excluding ortho intramolecular Hbond substituents is 1. The van der Waals surface area contributed by atoms with E-state index in [1.165, 1.54) is 6.07 Å². The number of rotatable bonds is 6. The summed E-state index contributed by atoms with van der Waals surface area (Å²) in [5.41, 5.74) is 0.740. The molecule has 0 saturated heterocycles. The maximum atomic E-state index is 12.9. The van der Waals surface area contributed by atoms with Crippen molar-refractivity contribution in [3.63, 3.8) is 0 Å². The quantitative estimate of drug-likeness (QED) is 0.830. The van der Waals surface area contributed by atoms with Crippen molar-refractivity contribution < 1.29 is 14.2 Å². The molecule has 0 heterocycles. The summed E-state index contributed by atoms with van der Waals surface area (Å²) in [7, 11) is 1.66. The van der Waals surface area contributed by atoms with Crippen molar-refractivity contribution in [2.45, 2.75) is 19.9 Å². The van der Waals surface area contributed by atoms with Crippen LogP contribution in [0.2, 0.25) is 0 Å². The number of nitrogens with zero attached hydrogens (tertiary/aromatic N) is 1. The summed E-state index contributed by atoms with van der Waals surface area (Å²) >= 11 is 0. The van der Waals surface area contributed by atoms with E-state index in [0.717, 1.165) is 24.7 Å². The van der Waals surface area contributed by atoms with Crippen molar-refractivity contribution in [1.29, 1.82) is 0 Å². The monoisotopic (exact) mass is 241 g/mol. The zero-order chi connectivity index (χ0) is 12.8. The molecule has 0 bridgehead atoms. The summed E-state index contributed by atoms with van der Waals surface area (Å²) in [5.74, 6) is -0.410. The van der Waals surface area contributed by atoms with Crippen LogP contribution in [0.15, 0.2) is 18.2 Å². The van der Waals surface area contributed by atoms with E-state index < -0.39 is 5.82 Å². The number of hydrogen-bond donors (Lipinski definition) is 1. The molecule has 3 nitrogen and oxygen atoms in total. The van der Waals surface area contributed by atoms with Crippen LogP contribution in [0.5, 0.6) is 5.75 Å². The van der Waals surface area contributed by atoms with Gasteiger partial charge in [-0.3, -0.25) is 4.90 Å². The summed E-state index contributed by atoms with van der Waals surface area (Å²) in [4.78, 5) is 2.16. The molecule has 0 aliphatic rings. The fourth-order valence-electron chi connectivity index (χ4n) is 1.90. The summed E-state index contributed by atoms with van der Waals surface area (Å²) in [6, 6.07) is 4.19. The zero-order valence-electron chi connectivity index (χ0n) is 10.6. The van der Waals surface area contributed by atoms with Gasteiger partial charge in [0.25, 0.3) is 0 Å². The van der Waals surface area contributed by atoms with Gasteiger partial charge in [-0.25, -0.2) is 4.39 Å². The van der Waals surface area contributed by atoms with Gasteiger partial charge in [0.2, 0.25) is 0 Å². The summed E-state index contributed by atoms with van der Waals surface area (Å²) in [6.07, 6.45) is 0. The SMILES string of the molecule is CCN(CCOC)C(C)c1ccc(F)cc1O. The van der Waals surface area contributed by atoms with Crippen molar-refractivity contribution in [1.82, 2.24) is 4.90 Å². The third-order valence-electron chi connectivity index (χ3n) is 2.98. The maximum Gasteiger partial charge on any atom is 0.126 e. The Labute approximate surface area is 102 Å². The number of aromatic hydroxyl groups is 1. The van der Waals surface area contributed by atoms with Crippen molar-refractivity contribution in [3.05, 3.63) is 29.6 Å². The average Bonchev–Trinajstić information content (AvgIpc) is 2.29. The van der Waals surface area contributed by atoms with Gasteiger partial charge in [-0.15, -0.1) is 0 Å². The molecule has 0 radical (unpaired) electrons. The van der Waals surface area contributed by atoms with E-state index in [1.54, 1.807) is 13.2 Å². The van der Waals surface area contributed by atoms with Gasteiger partial charge in [-0.1, -0.05) is 13.0 Å². The Morgan fingerprint density at radius 2 is 2.18 bits per heavy atom. The summed E-state index contributed by atoms with van der Waals surface area (Å²) in [5, 5.41) is 9.73. The van der Waals surface area contributed by atoms with Crippen LogP contribution in [-0.4, -0.2) is 36.8 Å². The first-order valence-electron chi connectivity index (χ1n) is 5.81. The minimum atomic E-state index is -0.418. The second kappa shape index (κ2) is 6.57. The van der Waals surface area contributed by atoms with E-state index >= 15 is 0 Å². The molecule has 0 amide bonds. The number of ether oxygens (including phenoxy) is 1. The second-order valence-electron chi connectivity index (χ2n) is 4.00. The lowest BCUT2D eigenvalue weighted by atomic mass is 10.1. The normalized spacial score (nSPS) is 13.0. The Hall–Kier alpha value is -1.13. The third-order valence-corrected chi connectivity index (χ3v) is 2.98. The number of benzene rings is 1. The zero-order valence-corrected chi connectivity index (χ0v) is 10.6. The van der Waals surface area contributed by atoms with Crippen LogP contribution in [0.25, 0.3) is 0 Å². The molecule has 1 rings (SSSR count). The lowest BCUT2D eigenvalue weighted by Crippen LogP contribution is -2.30. The van der Waals surface area contributed by atoms with E-state index in [0.29, 0.717) is 6.61 Å². The minimum absolute atomic E-state index is 0.00775. The summed E-state index contributed by atoms with van der Waals surface area (Å²) < 4.78 is 17.9. The average molecular weight is 241 g/mol. The first-order chi connectivity index (χ1) is 8.10. The van der Waals surface area contributed by atoms with Gasteiger partial charge in [0.05, 0.1) is 6.61 Å².